The molecule has 0 aliphatic rings. The van der Waals surface area contributed by atoms with E-state index in [1.807, 2.05) is 44.1 Å². The number of thiazole rings is 1. The van der Waals surface area contributed by atoms with E-state index in [9.17, 15) is 25.0 Å². The molecule has 1 heterocycles. The van der Waals surface area contributed by atoms with Crippen molar-refractivity contribution < 1.29 is 14.6 Å². The second kappa shape index (κ2) is 9.14. The second-order valence-electron chi connectivity index (χ2n) is 7.33. The Kier molecular flexibility index (Phi) is 6.56. The van der Waals surface area contributed by atoms with Crippen molar-refractivity contribution in [1.82, 2.24) is 9.88 Å². The summed E-state index contributed by atoms with van der Waals surface area (Å²) in [5.74, 6) is -0.568. The van der Waals surface area contributed by atoms with Gasteiger partial charge in [-0.15, -0.1) is 0 Å². The number of nitro benzene ring substituents is 2. The molecular formula is C20H21N5O5S. The van der Waals surface area contributed by atoms with Gasteiger partial charge in [0.1, 0.15) is 0 Å². The number of hydrogen-bond acceptors (Lipinski definition) is 8. The first-order chi connectivity index (χ1) is 14.7. The van der Waals surface area contributed by atoms with Crippen molar-refractivity contribution in [3.63, 3.8) is 0 Å². The maximum atomic E-state index is 13.3. The number of amides is 1. The summed E-state index contributed by atoms with van der Waals surface area (Å²) in [6.45, 7) is 2.98. The van der Waals surface area contributed by atoms with Gasteiger partial charge in [0.2, 0.25) is 0 Å². The zero-order chi connectivity index (χ0) is 22.7. The number of rotatable bonds is 8. The standard InChI is InChI=1S/C20H21N5O5S/c1-13-5-6-17-18(9-13)31-20(21-17)23(8-4-7-22(2)3)19(26)14-10-15(24(27)28)12-16(11-14)25(29)30/h5-6,9-12H,4,7-8H2,1-3H3. The molecule has 1 amide bonds. The van der Waals surface area contributed by atoms with Gasteiger partial charge in [-0.3, -0.25) is 29.9 Å². The van der Waals surface area contributed by atoms with Crippen LogP contribution in [0.3, 0.4) is 0 Å². The third-order valence-corrected chi connectivity index (χ3v) is 5.61. The number of anilines is 1. The van der Waals surface area contributed by atoms with E-state index in [0.29, 0.717) is 24.6 Å². The quantitative estimate of drug-likeness (QED) is 0.380. The summed E-state index contributed by atoms with van der Waals surface area (Å²) in [7, 11) is 3.83. The van der Waals surface area contributed by atoms with Crippen LogP contribution in [0, 0.1) is 27.2 Å². The average Bonchev–Trinajstić information content (AvgIpc) is 3.12. The molecular weight excluding hydrogens is 422 g/mol. The smallest absolute Gasteiger partial charge is 0.277 e. The Morgan fingerprint density at radius 2 is 1.68 bits per heavy atom. The summed E-state index contributed by atoms with van der Waals surface area (Å²) in [6, 6.07) is 8.72. The Morgan fingerprint density at radius 3 is 2.26 bits per heavy atom. The molecule has 3 rings (SSSR count). The van der Waals surface area contributed by atoms with Crippen LogP contribution in [0.15, 0.2) is 36.4 Å². The van der Waals surface area contributed by atoms with E-state index in [-0.39, 0.29) is 5.56 Å². The first-order valence-electron chi connectivity index (χ1n) is 9.43. The van der Waals surface area contributed by atoms with Crippen LogP contribution in [0.4, 0.5) is 16.5 Å². The Labute approximate surface area is 182 Å². The van der Waals surface area contributed by atoms with Crippen LogP contribution >= 0.6 is 11.3 Å². The minimum absolute atomic E-state index is 0.124. The van der Waals surface area contributed by atoms with E-state index in [4.69, 9.17) is 0 Å². The van der Waals surface area contributed by atoms with Gasteiger partial charge < -0.3 is 4.90 Å². The number of carbonyl (C=O) groups excluding carboxylic acids is 1. The van der Waals surface area contributed by atoms with Gasteiger partial charge in [0.15, 0.2) is 5.13 Å². The van der Waals surface area contributed by atoms with Crippen LogP contribution in [0.2, 0.25) is 0 Å². The van der Waals surface area contributed by atoms with Gasteiger partial charge in [0.25, 0.3) is 17.3 Å². The summed E-state index contributed by atoms with van der Waals surface area (Å²) < 4.78 is 0.908. The van der Waals surface area contributed by atoms with Gasteiger partial charge in [-0.1, -0.05) is 17.4 Å². The average molecular weight is 443 g/mol. The highest BCUT2D eigenvalue weighted by Crippen LogP contribution is 2.32. The zero-order valence-electron chi connectivity index (χ0n) is 17.3. The highest BCUT2D eigenvalue weighted by molar-refractivity contribution is 7.22. The van der Waals surface area contributed by atoms with Gasteiger partial charge in [0.05, 0.1) is 31.7 Å². The maximum absolute atomic E-state index is 13.3. The number of fused-ring (bicyclic) bond motifs is 1. The van der Waals surface area contributed by atoms with Crippen LogP contribution < -0.4 is 4.90 Å². The Balaban J connectivity index is 2.04. The van der Waals surface area contributed by atoms with Crippen molar-refractivity contribution in [2.24, 2.45) is 0 Å². The minimum Gasteiger partial charge on any atom is -0.309 e. The summed E-state index contributed by atoms with van der Waals surface area (Å²) in [4.78, 5) is 42.3. The molecule has 0 aliphatic carbocycles. The van der Waals surface area contributed by atoms with Gasteiger partial charge in [0, 0.05) is 18.7 Å². The number of benzene rings is 2. The number of aryl methyl sites for hydroxylation is 1. The molecule has 0 saturated carbocycles. The molecule has 11 heteroatoms. The van der Waals surface area contributed by atoms with Crippen LogP contribution in [-0.4, -0.2) is 52.8 Å². The largest absolute Gasteiger partial charge is 0.309 e. The van der Waals surface area contributed by atoms with Crippen LogP contribution in [-0.2, 0) is 0 Å². The van der Waals surface area contributed by atoms with Crippen molar-refractivity contribution in [1.29, 1.82) is 0 Å². The van der Waals surface area contributed by atoms with E-state index in [0.717, 1.165) is 34.0 Å². The number of nitrogens with zero attached hydrogens (tertiary/aromatic N) is 5. The molecule has 31 heavy (non-hydrogen) atoms. The van der Waals surface area contributed by atoms with Crippen molar-refractivity contribution >= 4 is 44.0 Å². The van der Waals surface area contributed by atoms with Crippen molar-refractivity contribution in [3.05, 3.63) is 67.8 Å². The molecule has 0 radical (unpaired) electrons. The van der Waals surface area contributed by atoms with Gasteiger partial charge in [-0.05, 0) is 51.7 Å². The molecule has 162 valence electrons. The minimum atomic E-state index is -0.749. The summed E-state index contributed by atoms with van der Waals surface area (Å²) in [5, 5.41) is 22.9. The van der Waals surface area contributed by atoms with Crippen molar-refractivity contribution in [2.75, 3.05) is 32.1 Å². The summed E-state index contributed by atoms with van der Waals surface area (Å²) >= 11 is 1.34. The number of hydrogen-bond donors (Lipinski definition) is 0. The molecule has 0 spiro atoms. The lowest BCUT2D eigenvalue weighted by Crippen LogP contribution is -2.33. The lowest BCUT2D eigenvalue weighted by Gasteiger charge is -2.21. The predicted octanol–water partition coefficient (Wildman–Crippen LogP) is 4.02. The molecule has 0 unspecified atom stereocenters. The lowest BCUT2D eigenvalue weighted by molar-refractivity contribution is -0.394. The molecule has 0 saturated heterocycles. The van der Waals surface area contributed by atoms with Crippen LogP contribution in [0.1, 0.15) is 22.3 Å². The third-order valence-electron chi connectivity index (χ3n) is 4.57. The van der Waals surface area contributed by atoms with E-state index >= 15 is 0 Å². The Hall–Kier alpha value is -3.44. The highest BCUT2D eigenvalue weighted by atomic mass is 32.1. The topological polar surface area (TPSA) is 123 Å². The van der Waals surface area contributed by atoms with E-state index in [1.165, 1.54) is 16.2 Å². The third kappa shape index (κ3) is 5.19. The second-order valence-corrected chi connectivity index (χ2v) is 8.34. The molecule has 3 aromatic rings. The van der Waals surface area contributed by atoms with Crippen molar-refractivity contribution in [2.45, 2.75) is 13.3 Å². The fraction of sp³-hybridized carbons (Fsp3) is 0.300. The van der Waals surface area contributed by atoms with Crippen LogP contribution in [0.25, 0.3) is 10.2 Å². The van der Waals surface area contributed by atoms with E-state index in [2.05, 4.69) is 4.98 Å². The first kappa shape index (κ1) is 22.2. The Morgan fingerprint density at radius 1 is 1.03 bits per heavy atom. The molecule has 0 aliphatic heterocycles. The van der Waals surface area contributed by atoms with E-state index in [1.54, 1.807) is 0 Å². The maximum Gasteiger partial charge on any atom is 0.277 e. The zero-order valence-corrected chi connectivity index (χ0v) is 18.1. The number of nitro groups is 2. The van der Waals surface area contributed by atoms with Gasteiger partial charge in [-0.25, -0.2) is 4.98 Å². The molecule has 0 fully saturated rings. The summed E-state index contributed by atoms with van der Waals surface area (Å²) in [6.07, 6.45) is 0.630. The first-order valence-corrected chi connectivity index (χ1v) is 10.2. The number of non-ortho nitro benzene ring substituents is 2. The number of carbonyl (C=O) groups is 1. The molecule has 0 N–H and O–H groups in total. The lowest BCUT2D eigenvalue weighted by atomic mass is 10.1. The fourth-order valence-electron chi connectivity index (χ4n) is 3.05. The molecule has 10 nitrogen and oxygen atoms in total. The molecule has 0 bridgehead atoms. The van der Waals surface area contributed by atoms with Crippen LogP contribution in [0.5, 0.6) is 0 Å². The monoisotopic (exact) mass is 443 g/mol. The normalized spacial score (nSPS) is 11.1. The number of aromatic nitrogens is 1. The fourth-order valence-corrected chi connectivity index (χ4v) is 4.14. The van der Waals surface area contributed by atoms with Gasteiger partial charge in [-0.2, -0.15) is 0 Å². The summed E-state index contributed by atoms with van der Waals surface area (Å²) in [5.41, 5.74) is 0.654. The highest BCUT2D eigenvalue weighted by Gasteiger charge is 2.26. The predicted molar refractivity (Wildman–Crippen MR) is 119 cm³/mol. The molecule has 1 aromatic heterocycles. The van der Waals surface area contributed by atoms with Gasteiger partial charge >= 0.3 is 0 Å². The van der Waals surface area contributed by atoms with E-state index < -0.39 is 27.1 Å². The molecule has 2 aromatic carbocycles. The molecule has 0 atom stereocenters. The SMILES string of the molecule is Cc1ccc2nc(N(CCCN(C)C)C(=O)c3cc([N+](=O)[O-])cc([N+](=O)[O-])c3)sc2c1. The Bertz CT molecular complexity index is 1130. The van der Waals surface area contributed by atoms with Crippen molar-refractivity contribution in [3.8, 4) is 0 Å².